The number of methoxy groups -OCH3 is 1. The summed E-state index contributed by atoms with van der Waals surface area (Å²) in [5.74, 6) is -0.1000. The SMILES string of the molecule is COc1cc(C(=O)N2CCN(CCc3ccccc3)CC2)ccc1OC(F)F. The Morgan fingerprint density at radius 1 is 1.04 bits per heavy atom. The predicted molar refractivity (Wildman–Crippen MR) is 102 cm³/mol. The van der Waals surface area contributed by atoms with Gasteiger partial charge >= 0.3 is 6.61 Å². The van der Waals surface area contributed by atoms with Gasteiger partial charge in [0, 0.05) is 38.3 Å². The smallest absolute Gasteiger partial charge is 0.387 e. The maximum absolute atomic E-state index is 12.8. The summed E-state index contributed by atoms with van der Waals surface area (Å²) < 4.78 is 34.4. The number of amides is 1. The molecule has 1 saturated heterocycles. The molecule has 7 heteroatoms. The predicted octanol–water partition coefficient (Wildman–Crippen LogP) is 3.30. The average molecular weight is 390 g/mol. The molecule has 28 heavy (non-hydrogen) atoms. The Morgan fingerprint density at radius 3 is 2.39 bits per heavy atom. The number of nitrogens with zero attached hydrogens (tertiary/aromatic N) is 2. The van der Waals surface area contributed by atoms with Crippen molar-refractivity contribution >= 4 is 5.91 Å². The van der Waals surface area contributed by atoms with Gasteiger partial charge < -0.3 is 14.4 Å². The van der Waals surface area contributed by atoms with Gasteiger partial charge in [0.1, 0.15) is 0 Å². The highest BCUT2D eigenvalue weighted by Gasteiger charge is 2.23. The molecule has 1 heterocycles. The third-order valence-electron chi connectivity index (χ3n) is 4.85. The van der Waals surface area contributed by atoms with E-state index in [-0.39, 0.29) is 17.4 Å². The van der Waals surface area contributed by atoms with E-state index in [1.807, 2.05) is 18.2 Å². The monoisotopic (exact) mass is 390 g/mol. The molecule has 5 nitrogen and oxygen atoms in total. The lowest BCUT2D eigenvalue weighted by Gasteiger charge is -2.34. The van der Waals surface area contributed by atoms with E-state index in [2.05, 4.69) is 21.8 Å². The standard InChI is InChI=1S/C21H24F2N2O3/c1-27-19-15-17(7-8-18(19)28-21(22)23)20(26)25-13-11-24(12-14-25)10-9-16-5-3-2-4-6-16/h2-8,15,21H,9-14H2,1H3. The number of hydrogen-bond donors (Lipinski definition) is 0. The second-order valence-corrected chi connectivity index (χ2v) is 6.61. The maximum Gasteiger partial charge on any atom is 0.387 e. The van der Waals surface area contributed by atoms with E-state index in [0.29, 0.717) is 18.7 Å². The van der Waals surface area contributed by atoms with Crippen LogP contribution in [0.2, 0.25) is 0 Å². The second-order valence-electron chi connectivity index (χ2n) is 6.61. The number of benzene rings is 2. The normalized spacial score (nSPS) is 14.9. The molecule has 0 spiro atoms. The van der Waals surface area contributed by atoms with Crippen LogP contribution in [0.5, 0.6) is 11.5 Å². The zero-order valence-electron chi connectivity index (χ0n) is 15.8. The molecule has 3 rings (SSSR count). The third kappa shape index (κ3) is 5.19. The first kappa shape index (κ1) is 20.1. The van der Waals surface area contributed by atoms with Crippen molar-refractivity contribution in [3.8, 4) is 11.5 Å². The molecule has 1 aliphatic rings. The van der Waals surface area contributed by atoms with Crippen molar-refractivity contribution in [1.29, 1.82) is 0 Å². The molecule has 0 bridgehead atoms. The topological polar surface area (TPSA) is 42.0 Å². The molecule has 0 N–H and O–H groups in total. The summed E-state index contributed by atoms with van der Waals surface area (Å²) >= 11 is 0. The van der Waals surface area contributed by atoms with Gasteiger partial charge in [0.2, 0.25) is 0 Å². The first-order chi connectivity index (χ1) is 13.6. The van der Waals surface area contributed by atoms with Gasteiger partial charge in [-0.2, -0.15) is 8.78 Å². The molecule has 0 aromatic heterocycles. The van der Waals surface area contributed by atoms with Gasteiger partial charge in [0.25, 0.3) is 5.91 Å². The van der Waals surface area contributed by atoms with Crippen molar-refractivity contribution in [3.05, 3.63) is 59.7 Å². The van der Waals surface area contributed by atoms with Gasteiger partial charge in [-0.3, -0.25) is 9.69 Å². The molecule has 150 valence electrons. The van der Waals surface area contributed by atoms with Crippen LogP contribution in [0.25, 0.3) is 0 Å². The molecule has 0 radical (unpaired) electrons. The third-order valence-corrected chi connectivity index (χ3v) is 4.85. The Balaban J connectivity index is 1.54. The summed E-state index contributed by atoms with van der Waals surface area (Å²) in [6, 6.07) is 14.6. The Hall–Kier alpha value is -2.67. The molecule has 2 aromatic rings. The Labute approximate surface area is 163 Å². The van der Waals surface area contributed by atoms with Gasteiger partial charge in [-0.05, 0) is 30.2 Å². The van der Waals surface area contributed by atoms with E-state index in [4.69, 9.17) is 4.74 Å². The quantitative estimate of drug-likeness (QED) is 0.728. The molecule has 1 fully saturated rings. The van der Waals surface area contributed by atoms with Gasteiger partial charge in [0.05, 0.1) is 7.11 Å². The fourth-order valence-corrected chi connectivity index (χ4v) is 3.28. The van der Waals surface area contributed by atoms with E-state index in [1.54, 1.807) is 4.90 Å². The van der Waals surface area contributed by atoms with Crippen LogP contribution in [-0.2, 0) is 6.42 Å². The molecular formula is C21H24F2N2O3. The van der Waals surface area contributed by atoms with Gasteiger partial charge in [-0.25, -0.2) is 0 Å². The van der Waals surface area contributed by atoms with Crippen LogP contribution >= 0.6 is 0 Å². The molecular weight excluding hydrogens is 366 g/mol. The molecule has 1 aliphatic heterocycles. The summed E-state index contributed by atoms with van der Waals surface area (Å²) in [6.07, 6.45) is 0.984. The van der Waals surface area contributed by atoms with Crippen molar-refractivity contribution in [1.82, 2.24) is 9.80 Å². The van der Waals surface area contributed by atoms with Crippen LogP contribution in [0, 0.1) is 0 Å². The number of hydrogen-bond acceptors (Lipinski definition) is 4. The van der Waals surface area contributed by atoms with Crippen molar-refractivity contribution in [2.75, 3.05) is 39.8 Å². The summed E-state index contributed by atoms with van der Waals surface area (Å²) in [7, 11) is 1.35. The largest absolute Gasteiger partial charge is 0.493 e. The Morgan fingerprint density at radius 2 is 1.75 bits per heavy atom. The number of ether oxygens (including phenoxy) is 2. The molecule has 0 aliphatic carbocycles. The van der Waals surface area contributed by atoms with E-state index in [0.717, 1.165) is 26.1 Å². The maximum atomic E-state index is 12.8. The zero-order chi connectivity index (χ0) is 19.9. The Kier molecular flexibility index (Phi) is 6.81. The fourth-order valence-electron chi connectivity index (χ4n) is 3.28. The van der Waals surface area contributed by atoms with E-state index < -0.39 is 6.61 Å². The minimum absolute atomic E-state index is 0.0835. The highest BCUT2D eigenvalue weighted by molar-refractivity contribution is 5.95. The van der Waals surface area contributed by atoms with Crippen LogP contribution in [0.4, 0.5) is 8.78 Å². The van der Waals surface area contributed by atoms with E-state index in [9.17, 15) is 13.6 Å². The van der Waals surface area contributed by atoms with E-state index in [1.165, 1.54) is 30.9 Å². The number of alkyl halides is 2. The summed E-state index contributed by atoms with van der Waals surface area (Å²) in [6.45, 7) is 0.889. The van der Waals surface area contributed by atoms with Gasteiger partial charge in [-0.1, -0.05) is 30.3 Å². The number of piperazine rings is 1. The average Bonchev–Trinajstić information content (AvgIpc) is 2.73. The summed E-state index contributed by atoms with van der Waals surface area (Å²) in [4.78, 5) is 16.9. The highest BCUT2D eigenvalue weighted by atomic mass is 19.3. The van der Waals surface area contributed by atoms with E-state index >= 15 is 0 Å². The lowest BCUT2D eigenvalue weighted by Crippen LogP contribution is -2.49. The molecule has 0 atom stereocenters. The first-order valence-corrected chi connectivity index (χ1v) is 9.25. The number of carbonyl (C=O) groups is 1. The minimum atomic E-state index is -2.94. The molecule has 0 saturated carbocycles. The van der Waals surface area contributed by atoms with Crippen molar-refractivity contribution in [2.45, 2.75) is 13.0 Å². The summed E-state index contributed by atoms with van der Waals surface area (Å²) in [5.41, 5.74) is 1.70. The van der Waals surface area contributed by atoms with Gasteiger partial charge in [0.15, 0.2) is 11.5 Å². The van der Waals surface area contributed by atoms with Crippen LogP contribution in [-0.4, -0.2) is 62.2 Å². The number of carbonyl (C=O) groups excluding carboxylic acids is 1. The number of rotatable bonds is 7. The van der Waals surface area contributed by atoms with Gasteiger partial charge in [-0.15, -0.1) is 0 Å². The minimum Gasteiger partial charge on any atom is -0.493 e. The van der Waals surface area contributed by atoms with Crippen LogP contribution < -0.4 is 9.47 Å². The van der Waals surface area contributed by atoms with Crippen molar-refractivity contribution < 1.29 is 23.0 Å². The Bertz CT molecular complexity index is 778. The second kappa shape index (κ2) is 9.50. The van der Waals surface area contributed by atoms with Crippen LogP contribution in [0.1, 0.15) is 15.9 Å². The molecule has 0 unspecified atom stereocenters. The van der Waals surface area contributed by atoms with Crippen molar-refractivity contribution in [3.63, 3.8) is 0 Å². The number of halogens is 2. The highest BCUT2D eigenvalue weighted by Crippen LogP contribution is 2.30. The van der Waals surface area contributed by atoms with Crippen LogP contribution in [0.15, 0.2) is 48.5 Å². The lowest BCUT2D eigenvalue weighted by atomic mass is 10.1. The fraction of sp³-hybridized carbons (Fsp3) is 0.381. The van der Waals surface area contributed by atoms with Crippen molar-refractivity contribution in [2.24, 2.45) is 0 Å². The summed E-state index contributed by atoms with van der Waals surface area (Å²) in [5, 5.41) is 0. The first-order valence-electron chi connectivity index (χ1n) is 9.25. The zero-order valence-corrected chi connectivity index (χ0v) is 15.8. The lowest BCUT2D eigenvalue weighted by molar-refractivity contribution is -0.0512. The van der Waals surface area contributed by atoms with Crippen LogP contribution in [0.3, 0.4) is 0 Å². The molecule has 1 amide bonds. The molecule has 2 aromatic carbocycles.